The number of rotatable bonds is 14. The number of carbonyl (C=O) groups excluding carboxylic acids is 2. The van der Waals surface area contributed by atoms with Crippen molar-refractivity contribution in [3.63, 3.8) is 0 Å². The molecule has 20 heteroatoms. The van der Waals surface area contributed by atoms with Crippen molar-refractivity contribution < 1.29 is 36.6 Å². The monoisotopic (exact) mass is 1230 g/mol. The molecule has 2 fully saturated rings. The Labute approximate surface area is 523 Å². The molecule has 4 aliphatic heterocycles. The molecule has 8 aromatic rings. The molecule has 14 rings (SSSR count). The number of halogens is 4. The Bertz CT molecular complexity index is 3830. The molecule has 0 atom stereocenters. The molecule has 2 saturated carbocycles. The molecule has 0 saturated heterocycles. The minimum atomic E-state index is -2.63. The fourth-order valence-corrected chi connectivity index (χ4v) is 14.6. The van der Waals surface area contributed by atoms with E-state index in [1.807, 2.05) is 58.3 Å². The first kappa shape index (κ1) is 60.8. The molecular formula is C70H80F4N12O4. The van der Waals surface area contributed by atoms with E-state index in [0.717, 1.165) is 134 Å². The molecule has 2 amide bonds. The summed E-state index contributed by atoms with van der Waals surface area (Å²) >= 11 is 0. The van der Waals surface area contributed by atoms with Gasteiger partial charge in [-0.2, -0.15) is 20.4 Å². The Kier molecular flexibility index (Phi) is 17.8. The molecule has 0 N–H and O–H groups in total. The molecule has 0 spiro atoms. The predicted octanol–water partition coefficient (Wildman–Crippen LogP) is 13.8. The van der Waals surface area contributed by atoms with Crippen molar-refractivity contribution in [1.82, 2.24) is 48.9 Å². The van der Waals surface area contributed by atoms with E-state index in [1.165, 1.54) is 16.8 Å². The fraction of sp³-hybridized carbons (Fsp3) is 0.457. The molecule has 2 aliphatic carbocycles. The van der Waals surface area contributed by atoms with Crippen LogP contribution in [-0.2, 0) is 85.1 Å². The van der Waals surface area contributed by atoms with Crippen LogP contribution in [0, 0.1) is 0 Å². The van der Waals surface area contributed by atoms with E-state index in [0.29, 0.717) is 81.2 Å². The van der Waals surface area contributed by atoms with Crippen molar-refractivity contribution in [3.05, 3.63) is 166 Å². The highest BCUT2D eigenvalue weighted by atomic mass is 19.3. The molecule has 0 radical (unpaired) electrons. The zero-order valence-electron chi connectivity index (χ0n) is 51.9. The van der Waals surface area contributed by atoms with E-state index < -0.39 is 12.9 Å². The zero-order chi connectivity index (χ0) is 62.2. The van der Waals surface area contributed by atoms with Gasteiger partial charge in [0.2, 0.25) is 11.8 Å². The minimum absolute atomic E-state index is 0.00105. The van der Waals surface area contributed by atoms with E-state index in [4.69, 9.17) is 19.7 Å². The van der Waals surface area contributed by atoms with E-state index in [9.17, 15) is 27.2 Å². The average Bonchev–Trinajstić information content (AvgIpc) is 1.52. The SMILES string of the molecule is CC(=O)N1CCc2c(c(N3CCCc4cc(-c5cnn(C)c5)c(C(F)F)cc43)nn2C2CCC(OCc3ccccc3)CC2)C1.CC(=O)N1CCc2nn(C3CCC(OCc4ccccc4)CC3)c(N3CCCc4cc(-c5cnn(C)c5)c(C(F)F)cc43)c2C1. The second-order valence-electron chi connectivity index (χ2n) is 25.3. The molecule has 4 aromatic heterocycles. The Morgan fingerprint density at radius 3 is 1.52 bits per heavy atom. The lowest BCUT2D eigenvalue weighted by atomic mass is 9.92. The Morgan fingerprint density at radius 2 is 1.03 bits per heavy atom. The number of aryl methyl sites for hydroxylation is 4. The maximum atomic E-state index is 14.6. The summed E-state index contributed by atoms with van der Waals surface area (Å²) in [4.78, 5) is 33.0. The first-order valence-electron chi connectivity index (χ1n) is 32.2. The summed E-state index contributed by atoms with van der Waals surface area (Å²) in [7, 11) is 3.59. The molecule has 0 unspecified atom stereocenters. The standard InChI is InChI=1S/2C35H40F2N6O2/c1-23(44)41-16-14-32-31(21-41)35(39-43(32)27-10-12-28(13-11-27)45-22-24-7-4-3-5-8-24)42-15-6-9-25-17-29(26-19-38-40(2)20-26)30(34(36)37)18-33(25)42;1-23(44)41-16-14-32-31(21-41)35(43(39-32)27-10-12-28(13-11-27)45-22-24-7-4-3-5-8-24)42-15-6-9-25-17-29(26-19-38-40(2)20-26)30(34(36)37)18-33(25)42/h2*3-5,7-8,17-20,27-28,34H,6,9-16,21-22H2,1-2H3. The molecule has 16 nitrogen and oxygen atoms in total. The van der Waals surface area contributed by atoms with Crippen molar-refractivity contribution in [2.75, 3.05) is 36.0 Å². The number of alkyl halides is 4. The van der Waals surface area contributed by atoms with Crippen LogP contribution in [0.25, 0.3) is 22.3 Å². The Balaban J connectivity index is 0.000000165. The van der Waals surface area contributed by atoms with Crippen LogP contribution >= 0.6 is 0 Å². The lowest BCUT2D eigenvalue weighted by Gasteiger charge is -2.37. The van der Waals surface area contributed by atoms with Gasteiger partial charge in [0, 0.05) is 130 Å². The van der Waals surface area contributed by atoms with E-state index in [-0.39, 0.29) is 47.2 Å². The van der Waals surface area contributed by atoms with Gasteiger partial charge in [-0.25, -0.2) is 22.2 Å². The van der Waals surface area contributed by atoms with Crippen molar-refractivity contribution in [3.8, 4) is 22.3 Å². The van der Waals surface area contributed by atoms with Gasteiger partial charge in [-0.15, -0.1) is 0 Å². The van der Waals surface area contributed by atoms with Gasteiger partial charge in [-0.05, 0) is 135 Å². The number of hydrogen-bond acceptors (Lipinski definition) is 10. The van der Waals surface area contributed by atoms with Gasteiger partial charge in [-0.1, -0.05) is 60.7 Å². The summed E-state index contributed by atoms with van der Waals surface area (Å²) < 4.78 is 78.6. The number of amides is 2. The van der Waals surface area contributed by atoms with Gasteiger partial charge in [0.1, 0.15) is 5.82 Å². The van der Waals surface area contributed by atoms with Gasteiger partial charge in [-0.3, -0.25) is 23.6 Å². The third-order valence-corrected chi connectivity index (χ3v) is 19.4. The predicted molar refractivity (Wildman–Crippen MR) is 337 cm³/mol. The number of ether oxygens (including phenoxy) is 2. The maximum Gasteiger partial charge on any atom is 0.264 e. The van der Waals surface area contributed by atoms with Crippen molar-refractivity contribution in [1.29, 1.82) is 0 Å². The molecule has 8 heterocycles. The number of anilines is 4. The normalized spacial score (nSPS) is 19.9. The number of nitrogens with zero attached hydrogens (tertiary/aromatic N) is 12. The van der Waals surface area contributed by atoms with Gasteiger partial charge in [0.15, 0.2) is 5.82 Å². The number of aromatic nitrogens is 8. The molecular weight excluding hydrogens is 1150 g/mol. The van der Waals surface area contributed by atoms with Gasteiger partial charge >= 0.3 is 0 Å². The van der Waals surface area contributed by atoms with Crippen LogP contribution in [0.5, 0.6) is 0 Å². The second-order valence-corrected chi connectivity index (χ2v) is 25.3. The first-order valence-corrected chi connectivity index (χ1v) is 32.2. The number of hydrogen-bond donors (Lipinski definition) is 0. The van der Waals surface area contributed by atoms with Crippen LogP contribution in [0.2, 0.25) is 0 Å². The largest absolute Gasteiger partial charge is 0.374 e. The summed E-state index contributed by atoms with van der Waals surface area (Å²) in [6.45, 7) is 8.10. The fourth-order valence-electron chi connectivity index (χ4n) is 14.6. The van der Waals surface area contributed by atoms with Gasteiger partial charge in [0.25, 0.3) is 12.9 Å². The van der Waals surface area contributed by atoms with Crippen LogP contribution < -0.4 is 9.80 Å². The zero-order valence-corrected chi connectivity index (χ0v) is 51.9. The smallest absolute Gasteiger partial charge is 0.264 e. The Hall–Kier alpha value is -8.10. The van der Waals surface area contributed by atoms with E-state index in [2.05, 4.69) is 53.6 Å². The average molecular weight is 1230 g/mol. The molecule has 472 valence electrons. The van der Waals surface area contributed by atoms with Crippen LogP contribution in [0.3, 0.4) is 0 Å². The molecule has 90 heavy (non-hydrogen) atoms. The summed E-state index contributed by atoms with van der Waals surface area (Å²) in [6.07, 6.45) is 14.4. The highest BCUT2D eigenvalue weighted by molar-refractivity contribution is 5.80. The topological polar surface area (TPSA) is 137 Å². The lowest BCUT2D eigenvalue weighted by molar-refractivity contribution is -0.130. The summed E-state index contributed by atoms with van der Waals surface area (Å²) in [5.74, 6) is 1.83. The van der Waals surface area contributed by atoms with Gasteiger partial charge in [0.05, 0.1) is 68.7 Å². The van der Waals surface area contributed by atoms with Crippen LogP contribution in [0.1, 0.15) is 159 Å². The lowest BCUT2D eigenvalue weighted by Crippen LogP contribution is -2.36. The summed E-state index contributed by atoms with van der Waals surface area (Å²) in [5, 5.41) is 18.9. The van der Waals surface area contributed by atoms with Crippen molar-refractivity contribution >= 4 is 34.8 Å². The van der Waals surface area contributed by atoms with Crippen molar-refractivity contribution in [2.24, 2.45) is 14.1 Å². The van der Waals surface area contributed by atoms with E-state index >= 15 is 0 Å². The van der Waals surface area contributed by atoms with Crippen molar-refractivity contribution in [2.45, 2.75) is 167 Å². The van der Waals surface area contributed by atoms with Gasteiger partial charge < -0.3 is 29.1 Å². The third kappa shape index (κ3) is 12.7. The highest BCUT2D eigenvalue weighted by Crippen LogP contribution is 2.48. The van der Waals surface area contributed by atoms with Crippen LogP contribution in [-0.4, -0.2) is 99.1 Å². The first-order chi connectivity index (χ1) is 43.7. The quantitative estimate of drug-likeness (QED) is 0.0968. The number of fused-ring (bicyclic) bond motifs is 4. The summed E-state index contributed by atoms with van der Waals surface area (Å²) in [6, 6.07) is 28.1. The second kappa shape index (κ2) is 26.4. The van der Waals surface area contributed by atoms with Crippen LogP contribution in [0.15, 0.2) is 110 Å². The Morgan fingerprint density at radius 1 is 0.556 bits per heavy atom. The van der Waals surface area contributed by atoms with Crippen LogP contribution in [0.4, 0.5) is 40.6 Å². The summed E-state index contributed by atoms with van der Waals surface area (Å²) in [5.41, 5.74) is 12.8. The highest BCUT2D eigenvalue weighted by Gasteiger charge is 2.38. The third-order valence-electron chi connectivity index (χ3n) is 19.4. The molecule has 6 aliphatic rings. The molecule has 4 aromatic carbocycles. The molecule has 0 bridgehead atoms. The maximum absolute atomic E-state index is 14.6. The number of benzene rings is 4. The number of carbonyl (C=O) groups is 2. The van der Waals surface area contributed by atoms with E-state index in [1.54, 1.807) is 74.2 Å². The minimum Gasteiger partial charge on any atom is -0.374 e.